The van der Waals surface area contributed by atoms with Crippen LogP contribution in [0.15, 0.2) is 78.9 Å². The average Bonchev–Trinajstić information content (AvgIpc) is 3.54. The van der Waals surface area contributed by atoms with E-state index >= 15 is 0 Å². The Hall–Kier alpha value is -4.04. The first-order valence-corrected chi connectivity index (χ1v) is 12.2. The molecule has 0 saturated carbocycles. The van der Waals surface area contributed by atoms with E-state index in [9.17, 15) is 13.6 Å². The highest BCUT2D eigenvalue weighted by Crippen LogP contribution is 2.33. The minimum absolute atomic E-state index is 0.0731. The molecule has 0 aliphatic carbocycles. The van der Waals surface area contributed by atoms with Gasteiger partial charge in [-0.1, -0.05) is 36.4 Å². The number of carbonyl (C=O) groups is 1. The van der Waals surface area contributed by atoms with Crippen LogP contribution in [0.4, 0.5) is 8.78 Å². The zero-order chi connectivity index (χ0) is 25.8. The molecule has 1 atom stereocenters. The molecule has 1 aliphatic rings. The van der Waals surface area contributed by atoms with Crippen LogP contribution in [0.5, 0.6) is 11.6 Å². The first-order valence-electron chi connectivity index (χ1n) is 12.2. The second kappa shape index (κ2) is 10.9. The smallest absolute Gasteiger partial charge is 0.254 e. The third kappa shape index (κ3) is 5.54. The summed E-state index contributed by atoms with van der Waals surface area (Å²) >= 11 is 0. The fraction of sp³-hybridized carbons (Fsp3) is 0.241. The van der Waals surface area contributed by atoms with E-state index < -0.39 is 11.6 Å². The van der Waals surface area contributed by atoms with Crippen LogP contribution in [-0.4, -0.2) is 39.8 Å². The van der Waals surface area contributed by atoms with Crippen LogP contribution in [-0.2, 0) is 11.3 Å². The predicted octanol–water partition coefficient (Wildman–Crippen LogP) is 6.07. The summed E-state index contributed by atoms with van der Waals surface area (Å²) in [5.41, 5.74) is 2.50. The van der Waals surface area contributed by atoms with E-state index in [4.69, 9.17) is 9.47 Å². The Morgan fingerprint density at radius 3 is 2.49 bits per heavy atom. The summed E-state index contributed by atoms with van der Waals surface area (Å²) in [5.74, 6) is -1.57. The van der Waals surface area contributed by atoms with Crippen molar-refractivity contribution in [3.05, 3.63) is 107 Å². The Labute approximate surface area is 214 Å². The van der Waals surface area contributed by atoms with Crippen LogP contribution in [0.2, 0.25) is 0 Å². The Morgan fingerprint density at radius 1 is 1.08 bits per heavy atom. The molecule has 0 unspecified atom stereocenters. The average molecular weight is 504 g/mol. The van der Waals surface area contributed by atoms with Gasteiger partial charge >= 0.3 is 0 Å². The summed E-state index contributed by atoms with van der Waals surface area (Å²) in [4.78, 5) is 15.3. The molecule has 1 aromatic heterocycles. The molecule has 8 heteroatoms. The van der Waals surface area contributed by atoms with E-state index in [1.165, 1.54) is 6.07 Å². The fourth-order valence-corrected chi connectivity index (χ4v) is 4.44. The lowest BCUT2D eigenvalue weighted by Crippen LogP contribution is -2.37. The summed E-state index contributed by atoms with van der Waals surface area (Å²) in [6.07, 6.45) is 1.74. The highest BCUT2D eigenvalue weighted by Gasteiger charge is 2.28. The van der Waals surface area contributed by atoms with E-state index in [0.717, 1.165) is 25.0 Å². The van der Waals surface area contributed by atoms with Crippen LogP contribution in [0.25, 0.3) is 5.69 Å². The molecule has 1 aliphatic heterocycles. The number of aryl methyl sites for hydroxylation is 1. The van der Waals surface area contributed by atoms with Crippen LogP contribution in [0.1, 0.15) is 34.5 Å². The van der Waals surface area contributed by atoms with Gasteiger partial charge in [-0.15, -0.1) is 0 Å². The van der Waals surface area contributed by atoms with Crippen molar-refractivity contribution in [2.24, 2.45) is 0 Å². The topological polar surface area (TPSA) is 56.6 Å². The zero-order valence-electron chi connectivity index (χ0n) is 20.4. The molecule has 1 saturated heterocycles. The van der Waals surface area contributed by atoms with E-state index in [-0.39, 0.29) is 30.2 Å². The van der Waals surface area contributed by atoms with Crippen LogP contribution in [0.3, 0.4) is 0 Å². The van der Waals surface area contributed by atoms with Crippen LogP contribution in [0, 0.1) is 18.6 Å². The molecule has 3 aromatic carbocycles. The van der Waals surface area contributed by atoms with Crippen LogP contribution >= 0.6 is 0 Å². The number of para-hydroxylation sites is 1. The van der Waals surface area contributed by atoms with Gasteiger partial charge in [0.1, 0.15) is 5.82 Å². The van der Waals surface area contributed by atoms with E-state index in [1.807, 2.05) is 55.5 Å². The van der Waals surface area contributed by atoms with Crippen molar-refractivity contribution in [3.63, 3.8) is 0 Å². The lowest BCUT2D eigenvalue weighted by atomic mass is 10.1. The number of aromatic nitrogens is 2. The first-order chi connectivity index (χ1) is 18.0. The van der Waals surface area contributed by atoms with Crippen molar-refractivity contribution in [2.75, 3.05) is 13.2 Å². The maximum absolute atomic E-state index is 14.6. The van der Waals surface area contributed by atoms with Gasteiger partial charge in [-0.3, -0.25) is 4.79 Å². The van der Waals surface area contributed by atoms with Crippen molar-refractivity contribution in [3.8, 4) is 17.3 Å². The number of carbonyl (C=O) groups excluding carboxylic acids is 1. The maximum Gasteiger partial charge on any atom is 0.254 e. The van der Waals surface area contributed by atoms with Crippen molar-refractivity contribution in [1.29, 1.82) is 0 Å². The van der Waals surface area contributed by atoms with Gasteiger partial charge < -0.3 is 14.4 Å². The number of amides is 1. The normalized spacial score (nSPS) is 15.1. The monoisotopic (exact) mass is 503 g/mol. The lowest BCUT2D eigenvalue weighted by Gasteiger charge is -2.26. The van der Waals surface area contributed by atoms with E-state index in [2.05, 4.69) is 5.10 Å². The van der Waals surface area contributed by atoms with Gasteiger partial charge in [0, 0.05) is 24.8 Å². The number of hydrogen-bond acceptors (Lipinski definition) is 4. The van der Waals surface area contributed by atoms with Crippen LogP contribution < -0.4 is 4.74 Å². The molecule has 190 valence electrons. The summed E-state index contributed by atoms with van der Waals surface area (Å²) in [7, 11) is 0. The second-order valence-electron chi connectivity index (χ2n) is 8.98. The van der Waals surface area contributed by atoms with Crippen molar-refractivity contribution in [1.82, 2.24) is 14.7 Å². The molecule has 37 heavy (non-hydrogen) atoms. The maximum atomic E-state index is 14.6. The van der Waals surface area contributed by atoms with Crippen molar-refractivity contribution >= 4 is 5.91 Å². The molecule has 5 rings (SSSR count). The number of nitrogens with zero attached hydrogens (tertiary/aromatic N) is 3. The Kier molecular flexibility index (Phi) is 7.28. The van der Waals surface area contributed by atoms with Gasteiger partial charge in [-0.05, 0) is 56.2 Å². The Bertz CT molecular complexity index is 1370. The van der Waals surface area contributed by atoms with E-state index in [0.29, 0.717) is 35.7 Å². The zero-order valence-corrected chi connectivity index (χ0v) is 20.4. The van der Waals surface area contributed by atoms with E-state index in [1.54, 1.807) is 21.7 Å². The molecule has 4 aromatic rings. The Balaban J connectivity index is 1.56. The summed E-state index contributed by atoms with van der Waals surface area (Å²) in [5, 5.41) is 4.67. The number of benzene rings is 3. The molecule has 2 heterocycles. The van der Waals surface area contributed by atoms with Gasteiger partial charge in [0.05, 0.1) is 29.6 Å². The molecular weight excluding hydrogens is 476 g/mol. The molecule has 1 amide bonds. The molecule has 0 radical (unpaired) electrons. The van der Waals surface area contributed by atoms with Crippen molar-refractivity contribution in [2.45, 2.75) is 32.4 Å². The van der Waals surface area contributed by atoms with Gasteiger partial charge in [0.15, 0.2) is 11.6 Å². The molecular formula is C29H27F2N3O3. The third-order valence-corrected chi connectivity index (χ3v) is 6.34. The second-order valence-corrected chi connectivity index (χ2v) is 8.98. The minimum Gasteiger partial charge on any atom is -0.435 e. The lowest BCUT2D eigenvalue weighted by molar-refractivity contribution is 0.0505. The number of ether oxygens (including phenoxy) is 2. The molecule has 6 nitrogen and oxygen atoms in total. The first kappa shape index (κ1) is 24.6. The van der Waals surface area contributed by atoms with Gasteiger partial charge in [0.25, 0.3) is 5.91 Å². The summed E-state index contributed by atoms with van der Waals surface area (Å²) in [6.45, 7) is 3.06. The highest BCUT2D eigenvalue weighted by molar-refractivity contribution is 5.94. The number of hydrogen-bond donors (Lipinski definition) is 0. The number of halogens is 2. The quantitative estimate of drug-likeness (QED) is 0.293. The van der Waals surface area contributed by atoms with Crippen molar-refractivity contribution < 1.29 is 23.0 Å². The largest absolute Gasteiger partial charge is 0.435 e. The Morgan fingerprint density at radius 2 is 1.81 bits per heavy atom. The van der Waals surface area contributed by atoms with Gasteiger partial charge in [-0.25, -0.2) is 13.5 Å². The third-order valence-electron chi connectivity index (χ3n) is 6.34. The molecule has 1 fully saturated rings. The molecule has 0 bridgehead atoms. The fourth-order valence-electron chi connectivity index (χ4n) is 4.44. The standard InChI is InChI=1S/C29H27F2N3O3/c1-20-25(19-33(18-24-13-8-16-36-24)28(35)21-9-4-2-5-10-21)29(34(32-20)23-11-6-3-7-12-23)37-27-15-14-22(30)17-26(27)31/h2-7,9-12,14-15,17,24H,8,13,16,18-19H2,1H3/t24-/m1/s1. The van der Waals surface area contributed by atoms with Gasteiger partial charge in [-0.2, -0.15) is 5.10 Å². The predicted molar refractivity (Wildman–Crippen MR) is 135 cm³/mol. The minimum atomic E-state index is -0.832. The summed E-state index contributed by atoms with van der Waals surface area (Å²) in [6, 6.07) is 21.5. The summed E-state index contributed by atoms with van der Waals surface area (Å²) < 4.78 is 41.6. The number of rotatable bonds is 8. The molecule has 0 spiro atoms. The molecule has 0 N–H and O–H groups in total. The highest BCUT2D eigenvalue weighted by atomic mass is 19.1. The SMILES string of the molecule is Cc1nn(-c2ccccc2)c(Oc2ccc(F)cc2F)c1CN(C[C@H]1CCCO1)C(=O)c1ccccc1. The van der Waals surface area contributed by atoms with Gasteiger partial charge in [0.2, 0.25) is 5.88 Å².